The van der Waals surface area contributed by atoms with Gasteiger partial charge in [0.15, 0.2) is 0 Å². The summed E-state index contributed by atoms with van der Waals surface area (Å²) in [6.07, 6.45) is 12.1. The Hall–Kier alpha value is -0.790. The number of unbranched alkanes of at least 4 members (excludes halogenated alkanes) is 5. The molecule has 1 atom stereocenters. The van der Waals surface area contributed by atoms with Gasteiger partial charge in [-0.15, -0.1) is 0 Å². The van der Waals surface area contributed by atoms with Crippen LogP contribution in [0.1, 0.15) is 108 Å². The van der Waals surface area contributed by atoms with Crippen LogP contribution in [0, 0.1) is 13.8 Å². The second kappa shape index (κ2) is 12.9. The lowest BCUT2D eigenvalue weighted by molar-refractivity contribution is 0.390. The minimum atomic E-state index is 0.635. The molecule has 124 valence electrons. The maximum Gasteiger partial charge on any atom is 0.137 e. The Bertz CT molecular complexity index is 318. The van der Waals surface area contributed by atoms with Gasteiger partial charge in [-0.1, -0.05) is 77.8 Å². The highest BCUT2D eigenvalue weighted by atomic mass is 16.5. The lowest BCUT2D eigenvalue weighted by Crippen LogP contribution is -1.99. The van der Waals surface area contributed by atoms with Crippen molar-refractivity contribution < 1.29 is 4.52 Å². The summed E-state index contributed by atoms with van der Waals surface area (Å²) < 4.78 is 5.17. The van der Waals surface area contributed by atoms with Crippen LogP contribution in [0.25, 0.3) is 0 Å². The van der Waals surface area contributed by atoms with Gasteiger partial charge in [-0.3, -0.25) is 0 Å². The van der Waals surface area contributed by atoms with Crippen molar-refractivity contribution in [2.24, 2.45) is 0 Å². The topological polar surface area (TPSA) is 26.0 Å². The Morgan fingerprint density at radius 2 is 1.43 bits per heavy atom. The molecular formula is C19H37NO. The maximum atomic E-state index is 5.17. The van der Waals surface area contributed by atoms with Gasteiger partial charge in [-0.2, -0.15) is 0 Å². The molecule has 0 aliphatic heterocycles. The molecule has 2 nitrogen and oxygen atoms in total. The number of hydrogen-bond donors (Lipinski definition) is 0. The second-order valence-corrected chi connectivity index (χ2v) is 6.05. The summed E-state index contributed by atoms with van der Waals surface area (Å²) in [4.78, 5) is 0. The molecule has 0 fully saturated rings. The van der Waals surface area contributed by atoms with E-state index in [9.17, 15) is 0 Å². The average molecular weight is 296 g/mol. The first kappa shape index (κ1) is 20.2. The summed E-state index contributed by atoms with van der Waals surface area (Å²) in [5.41, 5.74) is 2.40. The zero-order valence-corrected chi connectivity index (χ0v) is 15.3. The van der Waals surface area contributed by atoms with E-state index in [1.807, 2.05) is 13.8 Å². The molecule has 0 aromatic carbocycles. The molecule has 21 heavy (non-hydrogen) atoms. The standard InChI is InChI=1S/C11H19NO.C8H18/c1-5-7-10(6-2)11-8(3)12-13-9(11)4;1-3-5-7-8-6-4-2/h10H,5-7H2,1-4H3;3-8H2,1-2H3. The summed E-state index contributed by atoms with van der Waals surface area (Å²) >= 11 is 0. The third-order valence-corrected chi connectivity index (χ3v) is 4.08. The first-order valence-corrected chi connectivity index (χ1v) is 9.04. The van der Waals surface area contributed by atoms with Gasteiger partial charge in [-0.25, -0.2) is 0 Å². The van der Waals surface area contributed by atoms with Crippen LogP contribution in [0.5, 0.6) is 0 Å². The van der Waals surface area contributed by atoms with Crippen LogP contribution in [0.2, 0.25) is 0 Å². The van der Waals surface area contributed by atoms with Crippen LogP contribution in [0.3, 0.4) is 0 Å². The molecule has 0 spiro atoms. The minimum absolute atomic E-state index is 0.635. The second-order valence-electron chi connectivity index (χ2n) is 6.05. The molecule has 0 saturated heterocycles. The number of aryl methyl sites for hydroxylation is 2. The van der Waals surface area contributed by atoms with Gasteiger partial charge < -0.3 is 4.52 Å². The Morgan fingerprint density at radius 1 is 0.857 bits per heavy atom. The van der Waals surface area contributed by atoms with E-state index < -0.39 is 0 Å². The third-order valence-electron chi connectivity index (χ3n) is 4.08. The Morgan fingerprint density at radius 3 is 1.76 bits per heavy atom. The third kappa shape index (κ3) is 8.28. The Balaban J connectivity index is 0.000000433. The fraction of sp³-hybridized carbons (Fsp3) is 0.842. The van der Waals surface area contributed by atoms with Crippen molar-refractivity contribution >= 4 is 0 Å². The monoisotopic (exact) mass is 295 g/mol. The minimum Gasteiger partial charge on any atom is -0.361 e. The lowest BCUT2D eigenvalue weighted by atomic mass is 9.91. The first-order chi connectivity index (χ1) is 10.1. The van der Waals surface area contributed by atoms with E-state index in [0.717, 1.165) is 11.5 Å². The largest absolute Gasteiger partial charge is 0.361 e. The summed E-state index contributed by atoms with van der Waals surface area (Å²) in [5, 5.41) is 3.99. The van der Waals surface area contributed by atoms with Crippen molar-refractivity contribution in [1.82, 2.24) is 5.16 Å². The average Bonchev–Trinajstić information content (AvgIpc) is 2.81. The Kier molecular flexibility index (Phi) is 12.4. The van der Waals surface area contributed by atoms with Gasteiger partial charge in [0, 0.05) is 5.56 Å². The van der Waals surface area contributed by atoms with Crippen molar-refractivity contribution in [2.45, 2.75) is 105 Å². The highest BCUT2D eigenvalue weighted by Crippen LogP contribution is 2.29. The lowest BCUT2D eigenvalue weighted by Gasteiger charge is -2.12. The molecule has 0 amide bonds. The van der Waals surface area contributed by atoms with Gasteiger partial charge in [-0.05, 0) is 32.6 Å². The quantitative estimate of drug-likeness (QED) is 0.460. The summed E-state index contributed by atoms with van der Waals surface area (Å²) in [7, 11) is 0. The number of nitrogens with zero attached hydrogens (tertiary/aromatic N) is 1. The SMILES string of the molecule is CCCC(CC)c1c(C)noc1C.CCCCCCCC. The molecular weight excluding hydrogens is 258 g/mol. The smallest absolute Gasteiger partial charge is 0.137 e. The van der Waals surface area contributed by atoms with E-state index in [1.165, 1.54) is 63.4 Å². The molecule has 0 bridgehead atoms. The van der Waals surface area contributed by atoms with E-state index in [2.05, 4.69) is 32.9 Å². The van der Waals surface area contributed by atoms with E-state index in [-0.39, 0.29) is 0 Å². The highest BCUT2D eigenvalue weighted by Gasteiger charge is 2.17. The Labute approximate surface area is 132 Å². The van der Waals surface area contributed by atoms with Crippen molar-refractivity contribution in [2.75, 3.05) is 0 Å². The van der Waals surface area contributed by atoms with Crippen LogP contribution in [-0.4, -0.2) is 5.16 Å². The van der Waals surface area contributed by atoms with Gasteiger partial charge in [0.05, 0.1) is 5.69 Å². The molecule has 1 aromatic heterocycles. The molecule has 1 heterocycles. The van der Waals surface area contributed by atoms with Gasteiger partial charge in [0.2, 0.25) is 0 Å². The normalized spacial score (nSPS) is 11.9. The molecule has 0 radical (unpaired) electrons. The van der Waals surface area contributed by atoms with Crippen LogP contribution in [0.15, 0.2) is 4.52 Å². The van der Waals surface area contributed by atoms with E-state index in [1.54, 1.807) is 0 Å². The van der Waals surface area contributed by atoms with Gasteiger partial charge >= 0.3 is 0 Å². The van der Waals surface area contributed by atoms with Crippen molar-refractivity contribution in [1.29, 1.82) is 0 Å². The van der Waals surface area contributed by atoms with Crippen molar-refractivity contribution in [3.8, 4) is 0 Å². The highest BCUT2D eigenvalue weighted by molar-refractivity contribution is 5.25. The molecule has 1 aromatic rings. The predicted molar refractivity (Wildman–Crippen MR) is 93.0 cm³/mol. The maximum absolute atomic E-state index is 5.17. The van der Waals surface area contributed by atoms with Crippen molar-refractivity contribution in [3.63, 3.8) is 0 Å². The summed E-state index contributed by atoms with van der Waals surface area (Å²) in [6, 6.07) is 0. The van der Waals surface area contributed by atoms with Gasteiger partial charge in [0.25, 0.3) is 0 Å². The molecule has 0 N–H and O–H groups in total. The molecule has 1 rings (SSSR count). The van der Waals surface area contributed by atoms with Crippen LogP contribution < -0.4 is 0 Å². The summed E-state index contributed by atoms with van der Waals surface area (Å²) in [6.45, 7) is 13.0. The van der Waals surface area contributed by atoms with Crippen LogP contribution in [0.4, 0.5) is 0 Å². The molecule has 2 heteroatoms. The predicted octanol–water partition coefficient (Wildman–Crippen LogP) is 6.95. The molecule has 0 saturated carbocycles. The van der Waals surface area contributed by atoms with E-state index >= 15 is 0 Å². The zero-order chi connectivity index (χ0) is 16.1. The van der Waals surface area contributed by atoms with Crippen LogP contribution in [-0.2, 0) is 0 Å². The number of rotatable bonds is 9. The molecule has 1 unspecified atom stereocenters. The first-order valence-electron chi connectivity index (χ1n) is 9.04. The number of hydrogen-bond acceptors (Lipinski definition) is 2. The zero-order valence-electron chi connectivity index (χ0n) is 15.3. The van der Waals surface area contributed by atoms with E-state index in [0.29, 0.717) is 5.92 Å². The van der Waals surface area contributed by atoms with Crippen molar-refractivity contribution in [3.05, 3.63) is 17.0 Å². The van der Waals surface area contributed by atoms with Gasteiger partial charge in [0.1, 0.15) is 5.76 Å². The summed E-state index contributed by atoms with van der Waals surface area (Å²) in [5.74, 6) is 1.63. The molecule has 0 aliphatic rings. The fourth-order valence-electron chi connectivity index (χ4n) is 2.83. The molecule has 0 aliphatic carbocycles. The number of aromatic nitrogens is 1. The van der Waals surface area contributed by atoms with E-state index in [4.69, 9.17) is 4.52 Å². The fourth-order valence-corrected chi connectivity index (χ4v) is 2.83. The van der Waals surface area contributed by atoms with Crippen LogP contribution >= 0.6 is 0 Å².